The lowest BCUT2D eigenvalue weighted by Gasteiger charge is -2.08. The summed E-state index contributed by atoms with van der Waals surface area (Å²) in [5.41, 5.74) is 3.16. The van der Waals surface area contributed by atoms with E-state index in [0.29, 0.717) is 16.9 Å². The van der Waals surface area contributed by atoms with Gasteiger partial charge in [0.15, 0.2) is 0 Å². The maximum absolute atomic E-state index is 11.7. The van der Waals surface area contributed by atoms with E-state index in [1.165, 1.54) is 20.1 Å². The van der Waals surface area contributed by atoms with Crippen LogP contribution in [0.3, 0.4) is 0 Å². The van der Waals surface area contributed by atoms with Gasteiger partial charge in [-0.05, 0) is 36.4 Å². The molecule has 2 aromatic carbocycles. The molecule has 5 nitrogen and oxygen atoms in total. The Balaban J connectivity index is 1.99. The van der Waals surface area contributed by atoms with Crippen molar-refractivity contribution >= 4 is 35.0 Å². The number of carbonyl (C=O) groups is 2. The van der Waals surface area contributed by atoms with Crippen LogP contribution in [0.25, 0.3) is 23.1 Å². The molecule has 0 N–H and O–H groups in total. The summed E-state index contributed by atoms with van der Waals surface area (Å²) < 4.78 is 12.1. The zero-order chi connectivity index (χ0) is 18.7. The fourth-order valence-electron chi connectivity index (χ4n) is 2.81. The number of methoxy groups -OCH3 is 1. The lowest BCUT2D eigenvalue weighted by Crippen LogP contribution is -2.06. The summed E-state index contributed by atoms with van der Waals surface area (Å²) in [6.45, 7) is 1.32. The Labute approximate surface area is 151 Å². The summed E-state index contributed by atoms with van der Waals surface area (Å²) >= 11 is 0. The van der Waals surface area contributed by atoms with E-state index < -0.39 is 11.9 Å². The summed E-state index contributed by atoms with van der Waals surface area (Å²) in [6.07, 6.45) is 3.80. The van der Waals surface area contributed by atoms with Gasteiger partial charge >= 0.3 is 11.9 Å². The van der Waals surface area contributed by atoms with Crippen molar-refractivity contribution in [3.05, 3.63) is 65.4 Å². The number of hydrogen-bond acceptors (Lipinski definition) is 4. The minimum atomic E-state index is -0.484. The van der Waals surface area contributed by atoms with Gasteiger partial charge in [0.1, 0.15) is 5.75 Å². The zero-order valence-electron chi connectivity index (χ0n) is 14.9. The van der Waals surface area contributed by atoms with Gasteiger partial charge in [0, 0.05) is 36.1 Å². The molecule has 0 radical (unpaired) electrons. The lowest BCUT2D eigenvalue weighted by molar-refractivity contribution is -0.131. The summed E-state index contributed by atoms with van der Waals surface area (Å²) in [5, 5.41) is 1.15. The lowest BCUT2D eigenvalue weighted by atomic mass is 10.1. The molecule has 0 saturated heterocycles. The smallest absolute Gasteiger partial charge is 0.337 e. The molecule has 26 heavy (non-hydrogen) atoms. The first-order chi connectivity index (χ1) is 12.5. The molecule has 5 heteroatoms. The van der Waals surface area contributed by atoms with Gasteiger partial charge in [-0.1, -0.05) is 24.3 Å². The number of rotatable bonds is 4. The molecule has 132 valence electrons. The fraction of sp³-hybridized carbons (Fsp3) is 0.143. The van der Waals surface area contributed by atoms with Gasteiger partial charge in [0.2, 0.25) is 0 Å². The maximum atomic E-state index is 11.7. The van der Waals surface area contributed by atoms with E-state index in [9.17, 15) is 9.59 Å². The van der Waals surface area contributed by atoms with E-state index >= 15 is 0 Å². The number of ether oxygens (including phenoxy) is 2. The van der Waals surface area contributed by atoms with Gasteiger partial charge in [-0.2, -0.15) is 0 Å². The molecule has 0 atom stereocenters. The van der Waals surface area contributed by atoms with Crippen molar-refractivity contribution in [1.29, 1.82) is 0 Å². The third-order valence-corrected chi connectivity index (χ3v) is 4.11. The van der Waals surface area contributed by atoms with E-state index in [2.05, 4.69) is 22.8 Å². The van der Waals surface area contributed by atoms with E-state index in [0.717, 1.165) is 16.6 Å². The number of esters is 2. The molecule has 3 rings (SSSR count). The molecule has 0 unspecified atom stereocenters. The summed E-state index contributed by atoms with van der Waals surface area (Å²) in [5.74, 6) is -0.621. The average molecular weight is 349 g/mol. The van der Waals surface area contributed by atoms with Crippen molar-refractivity contribution in [3.63, 3.8) is 0 Å². The van der Waals surface area contributed by atoms with E-state index in [-0.39, 0.29) is 0 Å². The average Bonchev–Trinajstić information content (AvgIpc) is 2.95. The normalized spacial score (nSPS) is 11.0. The molecule has 0 saturated carbocycles. The molecule has 0 spiro atoms. The van der Waals surface area contributed by atoms with Crippen LogP contribution in [0.5, 0.6) is 5.75 Å². The number of hydrogen-bond donors (Lipinski definition) is 0. The van der Waals surface area contributed by atoms with Crippen LogP contribution < -0.4 is 4.74 Å². The van der Waals surface area contributed by atoms with Gasteiger partial charge in [-0.25, -0.2) is 4.79 Å². The van der Waals surface area contributed by atoms with Gasteiger partial charge in [-0.3, -0.25) is 4.79 Å². The van der Waals surface area contributed by atoms with Crippen LogP contribution in [0.15, 0.2) is 48.5 Å². The van der Waals surface area contributed by atoms with E-state index in [1.54, 1.807) is 12.1 Å². The van der Waals surface area contributed by atoms with Gasteiger partial charge in [0.25, 0.3) is 0 Å². The molecule has 1 heterocycles. The number of fused-ring (bicyclic) bond motifs is 1. The number of para-hydroxylation sites is 1. The quantitative estimate of drug-likeness (QED) is 0.526. The first kappa shape index (κ1) is 17.5. The van der Waals surface area contributed by atoms with Crippen LogP contribution in [0.4, 0.5) is 0 Å². The van der Waals surface area contributed by atoms with E-state index in [1.807, 2.05) is 31.3 Å². The minimum Gasteiger partial charge on any atom is -0.465 e. The van der Waals surface area contributed by atoms with Crippen molar-refractivity contribution in [2.75, 3.05) is 7.11 Å². The van der Waals surface area contributed by atoms with Crippen molar-refractivity contribution in [3.8, 4) is 5.75 Å². The SMILES string of the molecule is COC(=O)c1ccc(C=Cc2cc3ccccc3n2C)c(OC(C)=O)c1. The van der Waals surface area contributed by atoms with Crippen LogP contribution in [0, 0.1) is 0 Å². The van der Waals surface area contributed by atoms with Crippen molar-refractivity contribution < 1.29 is 19.1 Å². The second kappa shape index (κ2) is 7.27. The third kappa shape index (κ3) is 3.52. The highest BCUT2D eigenvalue weighted by Crippen LogP contribution is 2.25. The van der Waals surface area contributed by atoms with Gasteiger partial charge in [0.05, 0.1) is 12.7 Å². The molecular weight excluding hydrogens is 330 g/mol. The number of aromatic nitrogens is 1. The predicted octanol–water partition coefficient (Wildman–Crippen LogP) is 4.06. The Morgan fingerprint density at radius 3 is 2.50 bits per heavy atom. The molecule has 1 aromatic heterocycles. The Bertz CT molecular complexity index is 1010. The van der Waals surface area contributed by atoms with Crippen LogP contribution in [-0.4, -0.2) is 23.6 Å². The minimum absolute atomic E-state index is 0.315. The second-order valence-corrected chi connectivity index (χ2v) is 5.86. The highest BCUT2D eigenvalue weighted by molar-refractivity contribution is 5.91. The fourth-order valence-corrected chi connectivity index (χ4v) is 2.81. The summed E-state index contributed by atoms with van der Waals surface area (Å²) in [6, 6.07) is 15.1. The molecule has 0 bridgehead atoms. The Hall–Kier alpha value is -3.34. The number of benzene rings is 2. The van der Waals surface area contributed by atoms with Crippen LogP contribution in [0.2, 0.25) is 0 Å². The molecule has 0 fully saturated rings. The Morgan fingerprint density at radius 1 is 1.04 bits per heavy atom. The van der Waals surface area contributed by atoms with Crippen molar-refractivity contribution in [1.82, 2.24) is 4.57 Å². The first-order valence-corrected chi connectivity index (χ1v) is 8.13. The molecular formula is C21H19NO4. The van der Waals surface area contributed by atoms with Crippen LogP contribution >= 0.6 is 0 Å². The molecule has 0 amide bonds. The van der Waals surface area contributed by atoms with E-state index in [4.69, 9.17) is 9.47 Å². The highest BCUT2D eigenvalue weighted by atomic mass is 16.5. The number of aryl methyl sites for hydroxylation is 1. The standard InChI is InChI=1S/C21H19NO4/c1-14(23)26-20-13-17(21(24)25-3)9-8-15(20)10-11-18-12-16-6-4-5-7-19(16)22(18)2/h4-13H,1-3H3. The zero-order valence-corrected chi connectivity index (χ0v) is 14.9. The molecule has 0 aliphatic rings. The van der Waals surface area contributed by atoms with Crippen molar-refractivity contribution in [2.45, 2.75) is 6.92 Å². The third-order valence-electron chi connectivity index (χ3n) is 4.11. The maximum Gasteiger partial charge on any atom is 0.337 e. The van der Waals surface area contributed by atoms with Crippen molar-refractivity contribution in [2.24, 2.45) is 7.05 Å². The van der Waals surface area contributed by atoms with Gasteiger partial charge in [-0.15, -0.1) is 0 Å². The number of carbonyl (C=O) groups excluding carboxylic acids is 2. The van der Waals surface area contributed by atoms with Crippen LogP contribution in [-0.2, 0) is 16.6 Å². The predicted molar refractivity (Wildman–Crippen MR) is 101 cm³/mol. The van der Waals surface area contributed by atoms with Crippen LogP contribution in [0.1, 0.15) is 28.5 Å². The molecule has 0 aliphatic heterocycles. The summed E-state index contributed by atoms with van der Waals surface area (Å²) in [4.78, 5) is 23.1. The molecule has 0 aliphatic carbocycles. The topological polar surface area (TPSA) is 57.5 Å². The summed E-state index contributed by atoms with van der Waals surface area (Å²) in [7, 11) is 3.30. The monoisotopic (exact) mass is 349 g/mol. The Morgan fingerprint density at radius 2 is 1.81 bits per heavy atom. The van der Waals surface area contributed by atoms with Gasteiger partial charge < -0.3 is 14.0 Å². The second-order valence-electron chi connectivity index (χ2n) is 5.86. The first-order valence-electron chi connectivity index (χ1n) is 8.13. The Kier molecular flexibility index (Phi) is 4.89. The number of nitrogens with zero attached hydrogens (tertiary/aromatic N) is 1. The molecule has 3 aromatic rings. The highest BCUT2D eigenvalue weighted by Gasteiger charge is 2.11. The largest absolute Gasteiger partial charge is 0.465 e.